The van der Waals surface area contributed by atoms with Gasteiger partial charge in [0, 0.05) is 19.0 Å². The predicted molar refractivity (Wildman–Crippen MR) is 112 cm³/mol. The molecule has 3 amide bonds. The van der Waals surface area contributed by atoms with Gasteiger partial charge in [-0.2, -0.15) is 0 Å². The molecule has 0 aromatic heterocycles. The molecule has 0 bridgehead atoms. The molecule has 7 heteroatoms. The van der Waals surface area contributed by atoms with Crippen LogP contribution in [0.4, 0.5) is 0 Å². The molecule has 2 rings (SSSR count). The van der Waals surface area contributed by atoms with Crippen molar-refractivity contribution in [3.05, 3.63) is 12.2 Å². The number of likely N-dealkylation sites (tertiary alicyclic amines) is 1. The van der Waals surface area contributed by atoms with E-state index in [4.69, 9.17) is 0 Å². The Morgan fingerprint density at radius 1 is 1.17 bits per heavy atom. The molecule has 0 saturated carbocycles. The molecule has 0 aromatic carbocycles. The van der Waals surface area contributed by atoms with Crippen molar-refractivity contribution < 1.29 is 19.5 Å². The second-order valence-corrected chi connectivity index (χ2v) is 9.02. The van der Waals surface area contributed by atoms with E-state index in [-0.39, 0.29) is 48.1 Å². The third-order valence-corrected chi connectivity index (χ3v) is 6.12. The molecular weight excluding hydrogens is 370 g/mol. The van der Waals surface area contributed by atoms with Crippen molar-refractivity contribution in [2.75, 3.05) is 13.7 Å². The van der Waals surface area contributed by atoms with Crippen molar-refractivity contribution in [1.82, 2.24) is 15.5 Å². The second kappa shape index (κ2) is 9.74. The Hall–Kier alpha value is -1.89. The lowest BCUT2D eigenvalue weighted by Crippen LogP contribution is -2.53. The first-order valence-electron chi connectivity index (χ1n) is 10.8. The molecule has 164 valence electrons. The van der Waals surface area contributed by atoms with Crippen LogP contribution < -0.4 is 10.6 Å². The molecule has 3 N–H and O–H groups in total. The van der Waals surface area contributed by atoms with Gasteiger partial charge in [-0.15, -0.1) is 0 Å². The van der Waals surface area contributed by atoms with Gasteiger partial charge in [-0.05, 0) is 38.5 Å². The SMILES string of the molecule is CC[C@@H]1C=C[C@H]2[C@@H](C(=O)N([C@@H](CO)CC(C)C)[C@@H]2C(=O)NC(C)C)[C@@H]1C(=O)NC. The summed E-state index contributed by atoms with van der Waals surface area (Å²) in [5, 5.41) is 15.7. The molecular formula is C22H37N3O4. The Morgan fingerprint density at radius 3 is 2.31 bits per heavy atom. The fourth-order valence-electron chi connectivity index (χ4n) is 4.94. The summed E-state index contributed by atoms with van der Waals surface area (Å²) in [7, 11) is 1.58. The predicted octanol–water partition coefficient (Wildman–Crippen LogP) is 1.32. The van der Waals surface area contributed by atoms with Crippen LogP contribution in [-0.2, 0) is 14.4 Å². The summed E-state index contributed by atoms with van der Waals surface area (Å²) in [4.78, 5) is 41.1. The number of allylic oxidation sites excluding steroid dienone is 1. The Balaban J connectivity index is 2.53. The van der Waals surface area contributed by atoms with Crippen LogP contribution in [0.5, 0.6) is 0 Å². The zero-order chi connectivity index (χ0) is 21.9. The van der Waals surface area contributed by atoms with Gasteiger partial charge in [0.25, 0.3) is 0 Å². The summed E-state index contributed by atoms with van der Waals surface area (Å²) in [6.07, 6.45) is 5.27. The van der Waals surface area contributed by atoms with Crippen molar-refractivity contribution in [1.29, 1.82) is 0 Å². The quantitative estimate of drug-likeness (QED) is 0.529. The Bertz CT molecular complexity index is 646. The van der Waals surface area contributed by atoms with E-state index in [9.17, 15) is 19.5 Å². The summed E-state index contributed by atoms with van der Waals surface area (Å²) in [5.41, 5.74) is 0. The monoisotopic (exact) mass is 407 g/mol. The minimum Gasteiger partial charge on any atom is -0.394 e. The maximum Gasteiger partial charge on any atom is 0.243 e. The van der Waals surface area contributed by atoms with E-state index >= 15 is 0 Å². The number of nitrogens with zero attached hydrogens (tertiary/aromatic N) is 1. The maximum atomic E-state index is 13.6. The van der Waals surface area contributed by atoms with E-state index in [0.717, 1.165) is 6.42 Å². The second-order valence-electron chi connectivity index (χ2n) is 9.02. The molecule has 1 aliphatic carbocycles. The van der Waals surface area contributed by atoms with Gasteiger partial charge in [0.15, 0.2) is 0 Å². The molecule has 1 fully saturated rings. The van der Waals surface area contributed by atoms with Crippen LogP contribution in [0.2, 0.25) is 0 Å². The van der Waals surface area contributed by atoms with Gasteiger partial charge in [0.2, 0.25) is 17.7 Å². The van der Waals surface area contributed by atoms with E-state index in [2.05, 4.69) is 10.6 Å². The minimum atomic E-state index is -0.716. The molecule has 0 radical (unpaired) electrons. The van der Waals surface area contributed by atoms with Gasteiger partial charge in [-0.1, -0.05) is 32.9 Å². The Morgan fingerprint density at radius 2 is 1.83 bits per heavy atom. The standard InChI is InChI=1S/C22H37N3O4/c1-7-14-8-9-16-18(17(14)20(27)23-6)22(29)25(15(11-26)10-12(2)3)19(16)21(28)24-13(4)5/h8-9,12-19,26H,7,10-11H2,1-6H3,(H,23,27)(H,24,28)/t14-,15-,16+,17-,18-,19+/m1/s1. The summed E-state index contributed by atoms with van der Waals surface area (Å²) >= 11 is 0. The van der Waals surface area contributed by atoms with E-state index in [1.54, 1.807) is 11.9 Å². The highest BCUT2D eigenvalue weighted by Gasteiger charge is 2.58. The van der Waals surface area contributed by atoms with Crippen LogP contribution in [0, 0.1) is 29.6 Å². The van der Waals surface area contributed by atoms with Crippen LogP contribution in [0.15, 0.2) is 12.2 Å². The van der Waals surface area contributed by atoms with Crippen molar-refractivity contribution in [2.24, 2.45) is 29.6 Å². The number of aliphatic hydroxyl groups excluding tert-OH is 1. The lowest BCUT2D eigenvalue weighted by molar-refractivity contribution is -0.143. The van der Waals surface area contributed by atoms with E-state index < -0.39 is 23.9 Å². The number of carbonyl (C=O) groups is 3. The fourth-order valence-corrected chi connectivity index (χ4v) is 4.94. The number of carbonyl (C=O) groups excluding carboxylic acids is 3. The van der Waals surface area contributed by atoms with E-state index in [0.29, 0.717) is 6.42 Å². The number of rotatable bonds is 8. The normalized spacial score (nSPS) is 29.9. The maximum absolute atomic E-state index is 13.6. The average Bonchev–Trinajstić information content (AvgIpc) is 2.96. The van der Waals surface area contributed by atoms with Gasteiger partial charge in [-0.3, -0.25) is 14.4 Å². The van der Waals surface area contributed by atoms with Gasteiger partial charge in [0.1, 0.15) is 6.04 Å². The van der Waals surface area contributed by atoms with Crippen LogP contribution in [0.1, 0.15) is 47.5 Å². The molecule has 7 nitrogen and oxygen atoms in total. The Kier molecular flexibility index (Phi) is 7.86. The molecule has 2 aliphatic rings. The molecule has 0 aromatic rings. The number of aliphatic hydroxyl groups is 1. The van der Waals surface area contributed by atoms with Crippen LogP contribution in [-0.4, -0.2) is 59.5 Å². The van der Waals surface area contributed by atoms with Crippen molar-refractivity contribution >= 4 is 17.7 Å². The molecule has 29 heavy (non-hydrogen) atoms. The molecule has 1 aliphatic heterocycles. The summed E-state index contributed by atoms with van der Waals surface area (Å²) in [6, 6.07) is -1.23. The highest BCUT2D eigenvalue weighted by molar-refractivity contribution is 5.97. The first-order valence-corrected chi connectivity index (χ1v) is 10.8. The van der Waals surface area contributed by atoms with Crippen LogP contribution in [0.3, 0.4) is 0 Å². The van der Waals surface area contributed by atoms with E-state index in [1.165, 1.54) is 0 Å². The summed E-state index contributed by atoms with van der Waals surface area (Å²) in [5.74, 6) is -1.87. The van der Waals surface area contributed by atoms with Gasteiger partial charge >= 0.3 is 0 Å². The van der Waals surface area contributed by atoms with Crippen molar-refractivity contribution in [2.45, 2.75) is 65.6 Å². The number of hydrogen-bond donors (Lipinski definition) is 3. The third kappa shape index (κ3) is 4.65. The number of fused-ring (bicyclic) bond motifs is 1. The minimum absolute atomic E-state index is 0.0495. The number of hydrogen-bond acceptors (Lipinski definition) is 4. The first-order chi connectivity index (χ1) is 13.7. The van der Waals surface area contributed by atoms with Gasteiger partial charge in [-0.25, -0.2) is 0 Å². The average molecular weight is 408 g/mol. The van der Waals surface area contributed by atoms with E-state index in [1.807, 2.05) is 46.8 Å². The first kappa shape index (κ1) is 23.4. The summed E-state index contributed by atoms with van der Waals surface area (Å²) in [6.45, 7) is 9.61. The Labute approximate surface area is 174 Å². The zero-order valence-electron chi connectivity index (χ0n) is 18.5. The number of amides is 3. The smallest absolute Gasteiger partial charge is 0.243 e. The summed E-state index contributed by atoms with van der Waals surface area (Å²) < 4.78 is 0. The molecule has 0 unspecified atom stereocenters. The van der Waals surface area contributed by atoms with Crippen LogP contribution in [0.25, 0.3) is 0 Å². The topological polar surface area (TPSA) is 98.7 Å². The van der Waals surface area contributed by atoms with Crippen molar-refractivity contribution in [3.8, 4) is 0 Å². The fraction of sp³-hybridized carbons (Fsp3) is 0.773. The lowest BCUT2D eigenvalue weighted by atomic mass is 9.69. The zero-order valence-corrected chi connectivity index (χ0v) is 18.5. The molecule has 0 spiro atoms. The van der Waals surface area contributed by atoms with Crippen molar-refractivity contribution in [3.63, 3.8) is 0 Å². The lowest BCUT2D eigenvalue weighted by Gasteiger charge is -2.34. The highest BCUT2D eigenvalue weighted by atomic mass is 16.3. The van der Waals surface area contributed by atoms with Crippen LogP contribution >= 0.6 is 0 Å². The molecule has 6 atom stereocenters. The molecule has 1 heterocycles. The van der Waals surface area contributed by atoms with Gasteiger partial charge < -0.3 is 20.6 Å². The molecule has 1 saturated heterocycles. The highest BCUT2D eigenvalue weighted by Crippen LogP contribution is 2.46. The largest absolute Gasteiger partial charge is 0.394 e. The third-order valence-electron chi connectivity index (χ3n) is 6.12. The number of nitrogens with one attached hydrogen (secondary N) is 2. The van der Waals surface area contributed by atoms with Gasteiger partial charge in [0.05, 0.1) is 24.5 Å².